The number of hydrogen-bond acceptors (Lipinski definition) is 18. The van der Waals surface area contributed by atoms with Gasteiger partial charge in [-0.1, -0.05) is 72.8 Å². The van der Waals surface area contributed by atoms with Gasteiger partial charge in [0, 0.05) is 81.2 Å². The van der Waals surface area contributed by atoms with E-state index in [0.717, 1.165) is 42.7 Å². The molecule has 1 aliphatic rings. The summed E-state index contributed by atoms with van der Waals surface area (Å²) in [5.74, 6) is 1.74. The smallest absolute Gasteiger partial charge is 0.332 e. The summed E-state index contributed by atoms with van der Waals surface area (Å²) >= 11 is 0. The second-order valence-corrected chi connectivity index (χ2v) is 33.4. The van der Waals surface area contributed by atoms with Crippen molar-refractivity contribution in [3.63, 3.8) is 0 Å². The molecule has 0 saturated carbocycles. The summed E-state index contributed by atoms with van der Waals surface area (Å²) in [4.78, 5) is 66.2. The predicted octanol–water partition coefficient (Wildman–Crippen LogP) is 11.6. The highest BCUT2D eigenvalue weighted by atomic mass is 31.2. The van der Waals surface area contributed by atoms with E-state index in [0.29, 0.717) is 100 Å². The van der Waals surface area contributed by atoms with Crippen molar-refractivity contribution in [2.75, 3.05) is 85.3 Å². The van der Waals surface area contributed by atoms with Crippen LogP contribution in [0, 0.1) is 0 Å². The first-order chi connectivity index (χ1) is 42.3. The first-order valence-corrected chi connectivity index (χ1v) is 38.3. The van der Waals surface area contributed by atoms with Crippen molar-refractivity contribution in [3.8, 4) is 34.5 Å². The molecule has 0 radical (unpaired) electrons. The molecule has 12 bridgehead atoms. The molecule has 0 amide bonds. The van der Waals surface area contributed by atoms with Crippen molar-refractivity contribution < 1.29 is 112 Å². The van der Waals surface area contributed by atoms with Gasteiger partial charge in [0.1, 0.15) is 34.5 Å². The normalized spacial score (nSPS) is 16.7. The van der Waals surface area contributed by atoms with Crippen LogP contribution in [0.2, 0.25) is 0 Å². The molecule has 6 aromatic rings. The summed E-state index contributed by atoms with van der Waals surface area (Å²) < 4.78 is 149. The van der Waals surface area contributed by atoms with Crippen LogP contribution in [0.4, 0.5) is 0 Å². The van der Waals surface area contributed by atoms with Crippen LogP contribution in [0.5, 0.6) is 34.5 Å². The molecule has 0 aliphatic heterocycles. The molecule has 90 heavy (non-hydrogen) atoms. The monoisotopic (exact) mass is 1370 g/mol. The van der Waals surface area contributed by atoms with E-state index >= 15 is 0 Å². The molecule has 0 heterocycles. The lowest BCUT2D eigenvalue weighted by Crippen LogP contribution is -2.09. The average Bonchev–Trinajstić information content (AvgIpc) is 0.925. The average molecular weight is 1370 g/mol. The largest absolute Gasteiger partial charge is 0.496 e. The van der Waals surface area contributed by atoms with Gasteiger partial charge >= 0.3 is 45.6 Å². The standard InChI is InChI=1S/C60H78O24P6/c1-73-55-43-13-37(31-85(61,62)79-7)14-44(55)26-46-16-39(33-87(65,66)81-9)18-48(57(46)75-3)28-50-20-41(35-89(69,70)83-11)22-52(59(50)77-5)30-54-24-42(36-90(71,72)84-12)23-53(60(54)78-6)29-51-21-40(34-88(67,68)82-10)19-49(58(51)76-4)27-47-17-38(32-86(63,64)80-8)15-45(25-43)56(47)74-2/h13-24H,25-36H2,1-12H3,(H,61,62)(H,63,64)(H,65,66)(H,67,68)(H,69,70)(H,71,72). The Kier molecular flexibility index (Phi) is 24.1. The van der Waals surface area contributed by atoms with E-state index < -0.39 is 82.5 Å². The highest BCUT2D eigenvalue weighted by Crippen LogP contribution is 2.53. The van der Waals surface area contributed by atoms with Gasteiger partial charge in [-0.3, -0.25) is 27.4 Å². The molecule has 6 N–H and O–H groups in total. The fourth-order valence-corrected chi connectivity index (χ4v) is 16.3. The lowest BCUT2D eigenvalue weighted by molar-refractivity contribution is 0.313. The highest BCUT2D eigenvalue weighted by molar-refractivity contribution is 7.53. The Bertz CT molecular complexity index is 3160. The summed E-state index contributed by atoms with van der Waals surface area (Å²) in [6, 6.07) is 20.0. The second kappa shape index (κ2) is 30.0. The predicted molar refractivity (Wildman–Crippen MR) is 338 cm³/mol. The molecular formula is C60H78O24P6. The van der Waals surface area contributed by atoms with Crippen LogP contribution in [0.1, 0.15) is 100 Å². The third kappa shape index (κ3) is 18.2. The van der Waals surface area contributed by atoms with E-state index in [2.05, 4.69) is 0 Å². The zero-order chi connectivity index (χ0) is 66.3. The van der Waals surface area contributed by atoms with E-state index in [4.69, 9.17) is 55.6 Å². The molecule has 6 aromatic carbocycles. The maximum absolute atomic E-state index is 13.5. The van der Waals surface area contributed by atoms with Gasteiger partial charge in [0.25, 0.3) is 0 Å². The molecule has 6 unspecified atom stereocenters. The Morgan fingerprint density at radius 3 is 0.411 bits per heavy atom. The van der Waals surface area contributed by atoms with Crippen LogP contribution < -0.4 is 28.4 Å². The molecule has 492 valence electrons. The minimum atomic E-state index is -4.29. The van der Waals surface area contributed by atoms with E-state index in [-0.39, 0.29) is 73.0 Å². The van der Waals surface area contributed by atoms with Gasteiger partial charge in [0.05, 0.1) is 79.6 Å². The van der Waals surface area contributed by atoms with Crippen molar-refractivity contribution in [2.45, 2.75) is 75.5 Å². The van der Waals surface area contributed by atoms with Gasteiger partial charge in [-0.15, -0.1) is 0 Å². The van der Waals surface area contributed by atoms with Gasteiger partial charge < -0.3 is 84.9 Å². The molecule has 1 aliphatic carbocycles. The maximum Gasteiger partial charge on any atom is 0.332 e. The minimum Gasteiger partial charge on any atom is -0.496 e. The van der Waals surface area contributed by atoms with E-state index in [9.17, 15) is 56.8 Å². The first kappa shape index (κ1) is 72.4. The van der Waals surface area contributed by atoms with Crippen LogP contribution in [-0.4, -0.2) is 115 Å². The summed E-state index contributed by atoms with van der Waals surface area (Å²) in [7, 11) is -10.4. The van der Waals surface area contributed by atoms with E-state index in [1.807, 2.05) is 0 Å². The summed E-state index contributed by atoms with van der Waals surface area (Å²) in [6.07, 6.45) is -3.19. The molecule has 0 spiro atoms. The van der Waals surface area contributed by atoms with Crippen LogP contribution in [0.25, 0.3) is 0 Å². The van der Waals surface area contributed by atoms with Crippen LogP contribution in [-0.2, 0) is 130 Å². The first-order valence-electron chi connectivity index (χ1n) is 27.7. The van der Waals surface area contributed by atoms with Crippen LogP contribution in [0.3, 0.4) is 0 Å². The van der Waals surface area contributed by atoms with Crippen LogP contribution in [0.15, 0.2) is 72.8 Å². The number of hydrogen-bond donors (Lipinski definition) is 6. The molecule has 7 rings (SSSR count). The Balaban J connectivity index is 1.68. The number of methoxy groups -OCH3 is 6. The summed E-state index contributed by atoms with van der Waals surface area (Å²) in [5.41, 5.74) is 7.25. The van der Waals surface area contributed by atoms with Gasteiger partial charge in [0.15, 0.2) is 0 Å². The molecule has 0 saturated heterocycles. The molecule has 0 fully saturated rings. The van der Waals surface area contributed by atoms with Gasteiger partial charge in [-0.25, -0.2) is 0 Å². The molecule has 6 atom stereocenters. The minimum absolute atomic E-state index is 0.0576. The number of benzene rings is 6. The van der Waals surface area contributed by atoms with Gasteiger partial charge in [0.2, 0.25) is 0 Å². The molecule has 30 heteroatoms. The third-order valence-corrected chi connectivity index (χ3v) is 23.3. The molecule has 24 nitrogen and oxygen atoms in total. The fraction of sp³-hybridized carbons (Fsp3) is 0.400. The van der Waals surface area contributed by atoms with Crippen molar-refractivity contribution in [3.05, 3.63) is 173 Å². The Morgan fingerprint density at radius 2 is 0.333 bits per heavy atom. The Hall–Kier alpha value is -4.98. The Morgan fingerprint density at radius 1 is 0.233 bits per heavy atom. The van der Waals surface area contributed by atoms with E-state index in [1.54, 1.807) is 72.8 Å². The zero-order valence-electron chi connectivity index (χ0n) is 52.1. The van der Waals surface area contributed by atoms with Crippen molar-refractivity contribution in [1.29, 1.82) is 0 Å². The number of rotatable bonds is 24. The van der Waals surface area contributed by atoms with Crippen LogP contribution >= 0.6 is 45.6 Å². The van der Waals surface area contributed by atoms with Crippen molar-refractivity contribution >= 4 is 45.6 Å². The third-order valence-electron chi connectivity index (χ3n) is 15.3. The highest BCUT2D eigenvalue weighted by Gasteiger charge is 2.31. The summed E-state index contributed by atoms with van der Waals surface area (Å²) in [5, 5.41) is 0. The van der Waals surface area contributed by atoms with E-state index in [1.165, 1.54) is 42.7 Å². The topological polar surface area (TPSA) is 335 Å². The van der Waals surface area contributed by atoms with Crippen molar-refractivity contribution in [2.24, 2.45) is 0 Å². The lowest BCUT2D eigenvalue weighted by atomic mass is 9.88. The Labute approximate surface area is 523 Å². The van der Waals surface area contributed by atoms with Gasteiger partial charge in [-0.05, 0) is 100 Å². The SMILES string of the molecule is COc1c2cc(CP(=O)(O)OC)cc1Cc1cc(CP(=O)(O)OC)cc(c1OC)Cc1cc(CP(=O)(O)OC)cc(c1OC)Cc1cc(CP(=O)(O)OC)cc(c1OC)Cc1cc(CP(=O)(O)OC)cc(c1OC)Cc1cc(CP(=O)(O)OC)cc(c1OC)C2. The van der Waals surface area contributed by atoms with Crippen molar-refractivity contribution in [1.82, 2.24) is 0 Å². The second-order valence-electron chi connectivity index (χ2n) is 21.6. The quantitative estimate of drug-likeness (QED) is 0.0306. The fourth-order valence-electron chi connectivity index (χ4n) is 11.7. The van der Waals surface area contributed by atoms with Gasteiger partial charge in [-0.2, -0.15) is 0 Å². The number of fused-ring (bicyclic) bond motifs is 12. The molecular weight excluding hydrogens is 1290 g/mol. The lowest BCUT2D eigenvalue weighted by Gasteiger charge is -2.24. The maximum atomic E-state index is 13.5. The molecule has 0 aromatic heterocycles. The zero-order valence-corrected chi connectivity index (χ0v) is 57.5. The summed E-state index contributed by atoms with van der Waals surface area (Å²) in [6.45, 7) is 0. The number of ether oxygens (including phenoxy) is 6.